The number of ether oxygens (including phenoxy) is 1. The third-order valence-corrected chi connectivity index (χ3v) is 3.98. The van der Waals surface area contributed by atoms with E-state index in [0.29, 0.717) is 18.9 Å². The van der Waals surface area contributed by atoms with Gasteiger partial charge in [-0.15, -0.1) is 0 Å². The van der Waals surface area contributed by atoms with Crippen molar-refractivity contribution in [2.24, 2.45) is 5.14 Å². The highest BCUT2D eigenvalue weighted by Gasteiger charge is 2.39. The summed E-state index contributed by atoms with van der Waals surface area (Å²) in [6.45, 7) is 8.99. The van der Waals surface area contributed by atoms with Crippen molar-refractivity contribution in [2.45, 2.75) is 43.8 Å². The van der Waals surface area contributed by atoms with Gasteiger partial charge in [0, 0.05) is 19.3 Å². The number of nitrogens with two attached hydrogens (primary N) is 1. The fourth-order valence-electron chi connectivity index (χ4n) is 2.78. The molecular weight excluding hydrogens is 278 g/mol. The van der Waals surface area contributed by atoms with Crippen LogP contribution in [0.2, 0.25) is 0 Å². The predicted molar refractivity (Wildman–Crippen MR) is 77.1 cm³/mol. The maximum absolute atomic E-state index is 11.7. The Morgan fingerprint density at radius 3 is 2.30 bits per heavy atom. The number of hydrogen-bond acceptors (Lipinski definition) is 5. The van der Waals surface area contributed by atoms with Gasteiger partial charge in [-0.25, -0.2) is 18.5 Å². The molecule has 0 unspecified atom stereocenters. The van der Waals surface area contributed by atoms with Crippen LogP contribution in [0.15, 0.2) is 23.2 Å². The number of morpholine rings is 1. The van der Waals surface area contributed by atoms with Crippen molar-refractivity contribution < 1.29 is 13.2 Å². The molecule has 1 fully saturated rings. The third kappa shape index (κ3) is 3.28. The van der Waals surface area contributed by atoms with Crippen LogP contribution in [0.3, 0.4) is 0 Å². The van der Waals surface area contributed by atoms with Crippen LogP contribution >= 0.6 is 0 Å². The lowest BCUT2D eigenvalue weighted by molar-refractivity contribution is -0.133. The molecule has 0 amide bonds. The summed E-state index contributed by atoms with van der Waals surface area (Å²) in [5, 5.41) is 5.27. The molecule has 7 heteroatoms. The molecule has 112 valence electrons. The number of primary sulfonamides is 1. The number of hydrogen-bond donors (Lipinski definition) is 1. The zero-order valence-electron chi connectivity index (χ0n) is 12.3. The van der Waals surface area contributed by atoms with Crippen LogP contribution in [0.5, 0.6) is 0 Å². The highest BCUT2D eigenvalue weighted by Crippen LogP contribution is 2.32. The first-order valence-corrected chi connectivity index (χ1v) is 7.98. The maximum atomic E-state index is 11.7. The summed E-state index contributed by atoms with van der Waals surface area (Å²) in [5.41, 5.74) is -0.788. The Morgan fingerprint density at radius 2 is 1.80 bits per heavy atom. The SMILES string of the molecule is CC1(C)CN(c2ncccc2S(N)(=O)=O)CC(C)(C)O1. The van der Waals surface area contributed by atoms with Crippen LogP contribution in [0.4, 0.5) is 5.82 Å². The van der Waals surface area contributed by atoms with E-state index in [0.717, 1.165) is 0 Å². The zero-order chi connectivity index (χ0) is 15.2. The van der Waals surface area contributed by atoms with Crippen molar-refractivity contribution in [2.75, 3.05) is 18.0 Å². The first-order chi connectivity index (χ1) is 9.00. The average Bonchev–Trinajstić information content (AvgIpc) is 2.23. The Labute approximate surface area is 120 Å². The van der Waals surface area contributed by atoms with Gasteiger partial charge in [-0.05, 0) is 39.8 Å². The molecule has 2 N–H and O–H groups in total. The van der Waals surface area contributed by atoms with E-state index < -0.39 is 21.2 Å². The molecule has 1 aliphatic heterocycles. The minimum atomic E-state index is -3.80. The molecule has 1 aromatic heterocycles. The molecule has 0 bridgehead atoms. The molecule has 0 saturated carbocycles. The van der Waals surface area contributed by atoms with Crippen molar-refractivity contribution in [3.8, 4) is 0 Å². The summed E-state index contributed by atoms with van der Waals surface area (Å²) in [6.07, 6.45) is 1.57. The molecule has 0 aliphatic carbocycles. The van der Waals surface area contributed by atoms with Gasteiger partial charge in [0.05, 0.1) is 11.2 Å². The van der Waals surface area contributed by atoms with Crippen molar-refractivity contribution in [1.29, 1.82) is 0 Å². The summed E-state index contributed by atoms with van der Waals surface area (Å²) < 4.78 is 29.4. The molecule has 0 atom stereocenters. The number of rotatable bonds is 2. The lowest BCUT2D eigenvalue weighted by Gasteiger charge is -2.47. The predicted octanol–water partition coefficient (Wildman–Crippen LogP) is 1.12. The van der Waals surface area contributed by atoms with E-state index in [1.807, 2.05) is 32.6 Å². The van der Waals surface area contributed by atoms with E-state index in [1.54, 1.807) is 12.3 Å². The molecular formula is C13H21N3O3S. The second-order valence-corrected chi connectivity index (χ2v) is 7.88. The van der Waals surface area contributed by atoms with Gasteiger partial charge in [0.15, 0.2) is 0 Å². The van der Waals surface area contributed by atoms with E-state index >= 15 is 0 Å². The number of nitrogens with zero attached hydrogens (tertiary/aromatic N) is 2. The van der Waals surface area contributed by atoms with Crippen LogP contribution in [0, 0.1) is 0 Å². The summed E-state index contributed by atoms with van der Waals surface area (Å²) >= 11 is 0. The van der Waals surface area contributed by atoms with Crippen LogP contribution in [-0.4, -0.2) is 37.7 Å². The van der Waals surface area contributed by atoms with E-state index in [1.165, 1.54) is 6.07 Å². The van der Waals surface area contributed by atoms with Gasteiger partial charge >= 0.3 is 0 Å². The summed E-state index contributed by atoms with van der Waals surface area (Å²) in [7, 11) is -3.80. The Morgan fingerprint density at radius 1 is 1.25 bits per heavy atom. The van der Waals surface area contributed by atoms with Crippen LogP contribution in [0.1, 0.15) is 27.7 Å². The Bertz CT molecular complexity index is 595. The van der Waals surface area contributed by atoms with Crippen LogP contribution in [0.25, 0.3) is 0 Å². The number of aromatic nitrogens is 1. The van der Waals surface area contributed by atoms with Crippen LogP contribution < -0.4 is 10.0 Å². The second-order valence-electron chi connectivity index (χ2n) is 6.35. The Kier molecular flexibility index (Phi) is 3.56. The highest BCUT2D eigenvalue weighted by molar-refractivity contribution is 7.89. The summed E-state index contributed by atoms with van der Waals surface area (Å²) in [6, 6.07) is 3.05. The van der Waals surface area contributed by atoms with E-state index in [-0.39, 0.29) is 4.90 Å². The first kappa shape index (κ1) is 15.2. The normalized spacial score (nSPS) is 21.8. The van der Waals surface area contributed by atoms with Gasteiger partial charge in [0.1, 0.15) is 10.7 Å². The highest BCUT2D eigenvalue weighted by atomic mass is 32.2. The molecule has 2 rings (SSSR count). The van der Waals surface area contributed by atoms with E-state index in [2.05, 4.69) is 4.98 Å². The third-order valence-electron chi connectivity index (χ3n) is 3.05. The molecule has 20 heavy (non-hydrogen) atoms. The molecule has 0 aromatic carbocycles. The standard InChI is InChI=1S/C13H21N3O3S/c1-12(2)8-16(9-13(3,4)19-12)11-10(20(14,17)18)6-5-7-15-11/h5-7H,8-9H2,1-4H3,(H2,14,17,18). The maximum Gasteiger partial charge on any atom is 0.241 e. The van der Waals surface area contributed by atoms with E-state index in [9.17, 15) is 8.42 Å². The van der Waals surface area contributed by atoms with Crippen molar-refractivity contribution in [3.05, 3.63) is 18.3 Å². The van der Waals surface area contributed by atoms with Gasteiger partial charge in [-0.1, -0.05) is 0 Å². The summed E-state index contributed by atoms with van der Waals surface area (Å²) in [5.74, 6) is 0.388. The van der Waals surface area contributed by atoms with Gasteiger partial charge < -0.3 is 9.64 Å². The Balaban J connectivity index is 2.47. The summed E-state index contributed by atoms with van der Waals surface area (Å²) in [4.78, 5) is 6.18. The minimum Gasteiger partial charge on any atom is -0.366 e. The second kappa shape index (κ2) is 4.68. The molecule has 1 aromatic rings. The first-order valence-electron chi connectivity index (χ1n) is 6.43. The molecule has 0 radical (unpaired) electrons. The van der Waals surface area contributed by atoms with Gasteiger partial charge in [0.25, 0.3) is 0 Å². The van der Waals surface area contributed by atoms with Crippen LogP contribution in [-0.2, 0) is 14.8 Å². The Hall–Kier alpha value is -1.18. The molecule has 0 spiro atoms. The van der Waals surface area contributed by atoms with Gasteiger partial charge in [-0.2, -0.15) is 0 Å². The van der Waals surface area contributed by atoms with Crippen molar-refractivity contribution in [1.82, 2.24) is 4.98 Å². The number of anilines is 1. The monoisotopic (exact) mass is 299 g/mol. The lowest BCUT2D eigenvalue weighted by atomic mass is 9.99. The minimum absolute atomic E-state index is 0.0495. The lowest BCUT2D eigenvalue weighted by Crippen LogP contribution is -2.57. The fourth-order valence-corrected chi connectivity index (χ4v) is 3.48. The van der Waals surface area contributed by atoms with Crippen molar-refractivity contribution in [3.63, 3.8) is 0 Å². The van der Waals surface area contributed by atoms with Gasteiger partial charge in [-0.3, -0.25) is 0 Å². The largest absolute Gasteiger partial charge is 0.366 e. The molecule has 1 aliphatic rings. The number of sulfonamides is 1. The fraction of sp³-hybridized carbons (Fsp3) is 0.615. The van der Waals surface area contributed by atoms with Crippen molar-refractivity contribution >= 4 is 15.8 Å². The average molecular weight is 299 g/mol. The van der Waals surface area contributed by atoms with E-state index in [4.69, 9.17) is 9.88 Å². The topological polar surface area (TPSA) is 85.5 Å². The molecule has 2 heterocycles. The zero-order valence-corrected chi connectivity index (χ0v) is 13.1. The smallest absolute Gasteiger partial charge is 0.241 e. The quantitative estimate of drug-likeness (QED) is 0.884. The molecule has 6 nitrogen and oxygen atoms in total. The van der Waals surface area contributed by atoms with Gasteiger partial charge in [0.2, 0.25) is 10.0 Å². The molecule has 1 saturated heterocycles. The number of pyridine rings is 1.